The van der Waals surface area contributed by atoms with Crippen molar-refractivity contribution in [1.29, 1.82) is 0 Å². The Hall–Kier alpha value is -3.20. The number of amides is 3. The molecule has 2 aliphatic rings. The molecule has 2 aromatic heterocycles. The van der Waals surface area contributed by atoms with E-state index >= 15 is 0 Å². The second-order valence-corrected chi connectivity index (χ2v) is 8.07. The van der Waals surface area contributed by atoms with Crippen LogP contribution >= 0.6 is 0 Å². The van der Waals surface area contributed by atoms with Gasteiger partial charge in [-0.2, -0.15) is 0 Å². The molecule has 0 unspecified atom stereocenters. The molecule has 31 heavy (non-hydrogen) atoms. The van der Waals surface area contributed by atoms with E-state index in [-0.39, 0.29) is 11.9 Å². The Labute approximate surface area is 182 Å². The Morgan fingerprint density at radius 3 is 2.58 bits per heavy atom. The summed E-state index contributed by atoms with van der Waals surface area (Å²) in [5.41, 5.74) is 2.57. The molecule has 1 aliphatic heterocycles. The summed E-state index contributed by atoms with van der Waals surface area (Å²) in [7, 11) is 1.60. The van der Waals surface area contributed by atoms with Gasteiger partial charge in [0.05, 0.1) is 11.9 Å². The van der Waals surface area contributed by atoms with Crippen molar-refractivity contribution in [2.75, 3.05) is 50.0 Å². The first-order chi connectivity index (χ1) is 15.1. The number of carbonyl (C=O) groups excluding carboxylic acids is 2. The van der Waals surface area contributed by atoms with E-state index in [4.69, 9.17) is 0 Å². The van der Waals surface area contributed by atoms with Crippen molar-refractivity contribution in [3.05, 3.63) is 47.9 Å². The zero-order chi connectivity index (χ0) is 21.6. The SMILES string of the molecule is CNC(=O)c1ccc(N2CCN(Cc3ccnc(NC(=O)NCC4CC4)c3)CC2)cn1. The molecule has 2 aromatic rings. The van der Waals surface area contributed by atoms with Gasteiger partial charge in [0.15, 0.2) is 0 Å². The maximum atomic E-state index is 12.0. The van der Waals surface area contributed by atoms with Crippen LogP contribution < -0.4 is 20.9 Å². The number of urea groups is 1. The van der Waals surface area contributed by atoms with Crippen LogP contribution in [0.2, 0.25) is 0 Å². The van der Waals surface area contributed by atoms with E-state index in [0.717, 1.165) is 50.5 Å². The van der Waals surface area contributed by atoms with Crippen molar-refractivity contribution in [2.24, 2.45) is 5.92 Å². The smallest absolute Gasteiger partial charge is 0.320 e. The third kappa shape index (κ3) is 5.91. The summed E-state index contributed by atoms with van der Waals surface area (Å²) in [6.45, 7) is 5.16. The number of hydrogen-bond acceptors (Lipinski definition) is 6. The quantitative estimate of drug-likeness (QED) is 0.626. The zero-order valence-electron chi connectivity index (χ0n) is 17.8. The summed E-state index contributed by atoms with van der Waals surface area (Å²) in [6, 6.07) is 7.43. The van der Waals surface area contributed by atoms with Crippen molar-refractivity contribution >= 4 is 23.4 Å². The average Bonchev–Trinajstić information content (AvgIpc) is 3.63. The van der Waals surface area contributed by atoms with Crippen LogP contribution in [-0.4, -0.2) is 66.6 Å². The molecular formula is C22H29N7O2. The number of pyridine rings is 2. The lowest BCUT2D eigenvalue weighted by Gasteiger charge is -2.36. The Balaban J connectivity index is 1.25. The molecule has 1 saturated heterocycles. The Bertz CT molecular complexity index is 906. The third-order valence-corrected chi connectivity index (χ3v) is 5.67. The molecule has 1 aliphatic carbocycles. The first-order valence-electron chi connectivity index (χ1n) is 10.8. The minimum atomic E-state index is -0.193. The van der Waals surface area contributed by atoms with Crippen molar-refractivity contribution in [3.63, 3.8) is 0 Å². The van der Waals surface area contributed by atoms with Gasteiger partial charge < -0.3 is 15.5 Å². The number of nitrogens with one attached hydrogen (secondary N) is 3. The monoisotopic (exact) mass is 423 g/mol. The zero-order valence-corrected chi connectivity index (χ0v) is 17.8. The summed E-state index contributed by atoms with van der Waals surface area (Å²) in [4.78, 5) is 36.8. The fourth-order valence-electron chi connectivity index (χ4n) is 3.62. The van der Waals surface area contributed by atoms with Crippen LogP contribution in [0.4, 0.5) is 16.3 Å². The first kappa shape index (κ1) is 21.0. The van der Waals surface area contributed by atoms with Crippen LogP contribution in [0, 0.1) is 5.92 Å². The topological polar surface area (TPSA) is 102 Å². The van der Waals surface area contributed by atoms with E-state index in [1.807, 2.05) is 18.2 Å². The summed E-state index contributed by atoms with van der Waals surface area (Å²) in [6.07, 6.45) is 5.91. The van der Waals surface area contributed by atoms with Crippen LogP contribution in [0.25, 0.3) is 0 Å². The average molecular weight is 424 g/mol. The molecule has 0 atom stereocenters. The van der Waals surface area contributed by atoms with E-state index in [2.05, 4.69) is 35.7 Å². The second kappa shape index (κ2) is 9.74. The minimum absolute atomic E-state index is 0.178. The maximum absolute atomic E-state index is 12.0. The predicted octanol–water partition coefficient (Wildman–Crippen LogP) is 1.69. The molecule has 3 amide bonds. The van der Waals surface area contributed by atoms with Gasteiger partial charge in [0.1, 0.15) is 11.5 Å². The van der Waals surface area contributed by atoms with Gasteiger partial charge in [-0.15, -0.1) is 0 Å². The molecule has 0 spiro atoms. The van der Waals surface area contributed by atoms with Crippen LogP contribution in [0.1, 0.15) is 28.9 Å². The van der Waals surface area contributed by atoms with E-state index in [0.29, 0.717) is 17.4 Å². The first-order valence-corrected chi connectivity index (χ1v) is 10.8. The highest BCUT2D eigenvalue weighted by atomic mass is 16.2. The van der Waals surface area contributed by atoms with Gasteiger partial charge in [-0.1, -0.05) is 0 Å². The normalized spacial score (nSPS) is 16.6. The standard InChI is InChI=1S/C22H29N7O2/c1-23-21(30)19-5-4-18(14-25-19)29-10-8-28(9-11-29)15-17-6-7-24-20(12-17)27-22(31)26-13-16-2-3-16/h4-7,12,14,16H,2-3,8-11,13,15H2,1H3,(H,23,30)(H2,24,26,27,31). The number of hydrogen-bond donors (Lipinski definition) is 3. The molecule has 1 saturated carbocycles. The number of carbonyl (C=O) groups is 2. The molecular weight excluding hydrogens is 394 g/mol. The number of nitrogens with zero attached hydrogens (tertiary/aromatic N) is 4. The van der Waals surface area contributed by atoms with E-state index in [1.54, 1.807) is 25.5 Å². The van der Waals surface area contributed by atoms with Crippen LogP contribution in [-0.2, 0) is 6.54 Å². The molecule has 0 bridgehead atoms. The number of anilines is 2. The highest BCUT2D eigenvalue weighted by molar-refractivity contribution is 5.92. The third-order valence-electron chi connectivity index (χ3n) is 5.67. The molecule has 9 heteroatoms. The minimum Gasteiger partial charge on any atom is -0.368 e. The fraction of sp³-hybridized carbons (Fsp3) is 0.455. The molecule has 9 nitrogen and oxygen atoms in total. The lowest BCUT2D eigenvalue weighted by molar-refractivity contribution is 0.0958. The number of piperazine rings is 1. The number of aromatic nitrogens is 2. The van der Waals surface area contributed by atoms with Crippen LogP contribution in [0.15, 0.2) is 36.7 Å². The van der Waals surface area contributed by atoms with Gasteiger partial charge in [-0.05, 0) is 48.6 Å². The van der Waals surface area contributed by atoms with Crippen molar-refractivity contribution in [1.82, 2.24) is 25.5 Å². The van der Waals surface area contributed by atoms with Gasteiger partial charge >= 0.3 is 6.03 Å². The van der Waals surface area contributed by atoms with E-state index < -0.39 is 0 Å². The van der Waals surface area contributed by atoms with Gasteiger partial charge in [-0.3, -0.25) is 15.0 Å². The summed E-state index contributed by atoms with van der Waals surface area (Å²) in [5, 5.41) is 8.30. The Morgan fingerprint density at radius 1 is 1.10 bits per heavy atom. The maximum Gasteiger partial charge on any atom is 0.320 e. The Morgan fingerprint density at radius 2 is 1.90 bits per heavy atom. The van der Waals surface area contributed by atoms with Gasteiger partial charge in [-0.25, -0.2) is 14.8 Å². The molecule has 164 valence electrons. The second-order valence-electron chi connectivity index (χ2n) is 8.07. The summed E-state index contributed by atoms with van der Waals surface area (Å²) in [5.74, 6) is 1.04. The molecule has 0 aromatic carbocycles. The fourth-order valence-corrected chi connectivity index (χ4v) is 3.62. The molecule has 2 fully saturated rings. The van der Waals surface area contributed by atoms with Crippen molar-refractivity contribution in [3.8, 4) is 0 Å². The molecule has 0 radical (unpaired) electrons. The van der Waals surface area contributed by atoms with Gasteiger partial charge in [0.25, 0.3) is 5.91 Å². The van der Waals surface area contributed by atoms with Crippen molar-refractivity contribution in [2.45, 2.75) is 19.4 Å². The van der Waals surface area contributed by atoms with Crippen LogP contribution in [0.3, 0.4) is 0 Å². The number of rotatable bonds is 7. The largest absolute Gasteiger partial charge is 0.368 e. The van der Waals surface area contributed by atoms with Crippen molar-refractivity contribution < 1.29 is 9.59 Å². The molecule has 3 N–H and O–H groups in total. The summed E-state index contributed by atoms with van der Waals surface area (Å²) >= 11 is 0. The van der Waals surface area contributed by atoms with Crippen LogP contribution in [0.5, 0.6) is 0 Å². The Kier molecular flexibility index (Phi) is 6.61. The van der Waals surface area contributed by atoms with Gasteiger partial charge in [0, 0.05) is 52.5 Å². The lowest BCUT2D eigenvalue weighted by atomic mass is 10.2. The predicted molar refractivity (Wildman–Crippen MR) is 119 cm³/mol. The summed E-state index contributed by atoms with van der Waals surface area (Å²) < 4.78 is 0. The van der Waals surface area contributed by atoms with E-state index in [1.165, 1.54) is 12.8 Å². The highest BCUT2D eigenvalue weighted by Crippen LogP contribution is 2.27. The molecule has 3 heterocycles. The molecule has 4 rings (SSSR count). The van der Waals surface area contributed by atoms with Gasteiger partial charge in [0.2, 0.25) is 0 Å². The highest BCUT2D eigenvalue weighted by Gasteiger charge is 2.22. The van der Waals surface area contributed by atoms with E-state index in [9.17, 15) is 9.59 Å². The lowest BCUT2D eigenvalue weighted by Crippen LogP contribution is -2.46.